The van der Waals surface area contributed by atoms with Gasteiger partial charge in [-0.05, 0) is 36.8 Å². The summed E-state index contributed by atoms with van der Waals surface area (Å²) >= 11 is 0. The third kappa shape index (κ3) is 5.10. The van der Waals surface area contributed by atoms with Crippen LogP contribution in [0.2, 0.25) is 0 Å². The predicted molar refractivity (Wildman–Crippen MR) is 96.6 cm³/mol. The first-order valence-corrected chi connectivity index (χ1v) is 8.13. The van der Waals surface area contributed by atoms with Crippen molar-refractivity contribution >= 4 is 17.4 Å². The first kappa shape index (κ1) is 18.5. The van der Waals surface area contributed by atoms with Gasteiger partial charge in [0.15, 0.2) is 0 Å². The lowest BCUT2D eigenvalue weighted by Crippen LogP contribution is -2.19. The number of benzene rings is 2. The average Bonchev–Trinajstić information content (AvgIpc) is 3.03. The van der Waals surface area contributed by atoms with Gasteiger partial charge in [0.05, 0.1) is 24.0 Å². The molecule has 1 aromatic heterocycles. The molecule has 3 rings (SSSR count). The molecule has 2 amide bonds. The Morgan fingerprint density at radius 2 is 1.78 bits per heavy atom. The monoisotopic (exact) mass is 374 g/mol. The molecule has 0 saturated carbocycles. The van der Waals surface area contributed by atoms with Crippen LogP contribution in [0, 0.1) is 6.92 Å². The van der Waals surface area contributed by atoms with Crippen molar-refractivity contribution in [1.29, 1.82) is 0 Å². The van der Waals surface area contributed by atoms with Gasteiger partial charge in [0, 0.05) is 11.9 Å². The molecule has 0 radical (unpaired) electrons. The number of anilines is 2. The maximum Gasteiger partial charge on any atom is 0.416 e. The molecule has 0 spiro atoms. The molecule has 2 aromatic carbocycles. The van der Waals surface area contributed by atoms with Gasteiger partial charge in [-0.1, -0.05) is 29.8 Å². The van der Waals surface area contributed by atoms with Crippen LogP contribution in [0.1, 0.15) is 16.7 Å². The highest BCUT2D eigenvalue weighted by atomic mass is 19.4. The lowest BCUT2D eigenvalue weighted by Gasteiger charge is -2.09. The number of carbonyl (C=O) groups excluding carboxylic acids is 1. The van der Waals surface area contributed by atoms with Crippen LogP contribution in [0.25, 0.3) is 0 Å². The van der Waals surface area contributed by atoms with Crippen molar-refractivity contribution in [2.75, 3.05) is 10.6 Å². The molecule has 0 unspecified atom stereocenters. The van der Waals surface area contributed by atoms with Gasteiger partial charge in [-0.15, -0.1) is 0 Å². The Morgan fingerprint density at radius 3 is 2.48 bits per heavy atom. The highest BCUT2D eigenvalue weighted by molar-refractivity contribution is 5.99. The molecule has 1 heterocycles. The molecule has 27 heavy (non-hydrogen) atoms. The van der Waals surface area contributed by atoms with Gasteiger partial charge >= 0.3 is 12.2 Å². The zero-order valence-electron chi connectivity index (χ0n) is 14.4. The van der Waals surface area contributed by atoms with E-state index in [0.717, 1.165) is 17.7 Å². The second kappa shape index (κ2) is 7.53. The summed E-state index contributed by atoms with van der Waals surface area (Å²) in [4.78, 5) is 12.0. The van der Waals surface area contributed by atoms with Crippen LogP contribution in [0.5, 0.6) is 0 Å². The molecule has 0 atom stereocenters. The number of halogens is 3. The van der Waals surface area contributed by atoms with Crippen LogP contribution in [0.4, 0.5) is 29.3 Å². The fraction of sp³-hybridized carbons (Fsp3) is 0.158. The largest absolute Gasteiger partial charge is 0.416 e. The fourth-order valence-corrected chi connectivity index (χ4v) is 2.48. The summed E-state index contributed by atoms with van der Waals surface area (Å²) in [6.07, 6.45) is -1.40. The molecule has 0 bridgehead atoms. The Labute approximate surface area is 153 Å². The molecule has 0 fully saturated rings. The highest BCUT2D eigenvalue weighted by Crippen LogP contribution is 2.29. The minimum atomic E-state index is -4.39. The van der Waals surface area contributed by atoms with Crippen LogP contribution < -0.4 is 10.6 Å². The summed E-state index contributed by atoms with van der Waals surface area (Å²) in [6, 6.07) is 11.9. The number of urea groups is 1. The Kier molecular flexibility index (Phi) is 5.16. The van der Waals surface area contributed by atoms with Crippen LogP contribution >= 0.6 is 0 Å². The average molecular weight is 374 g/mol. The van der Waals surface area contributed by atoms with E-state index in [2.05, 4.69) is 15.7 Å². The van der Waals surface area contributed by atoms with Gasteiger partial charge in [0.2, 0.25) is 0 Å². The van der Waals surface area contributed by atoms with Crippen LogP contribution in [0.3, 0.4) is 0 Å². The summed E-state index contributed by atoms with van der Waals surface area (Å²) in [5.41, 5.74) is 1.92. The van der Waals surface area contributed by atoms with E-state index in [1.165, 1.54) is 16.9 Å². The summed E-state index contributed by atoms with van der Waals surface area (Å²) in [6.45, 7) is 2.10. The van der Waals surface area contributed by atoms with Crippen LogP contribution in [0.15, 0.2) is 60.9 Å². The summed E-state index contributed by atoms with van der Waals surface area (Å²) in [7, 11) is 0. The van der Waals surface area contributed by atoms with Crippen molar-refractivity contribution in [3.63, 3.8) is 0 Å². The second-order valence-electron chi connectivity index (χ2n) is 6.07. The molecule has 140 valence electrons. The molecule has 0 aliphatic heterocycles. The number of aryl methyl sites for hydroxylation is 1. The summed E-state index contributed by atoms with van der Waals surface area (Å²) in [5.74, 6) is 0. The van der Waals surface area contributed by atoms with E-state index >= 15 is 0 Å². The van der Waals surface area contributed by atoms with Crippen molar-refractivity contribution in [2.45, 2.75) is 19.6 Å². The Morgan fingerprint density at radius 1 is 1.07 bits per heavy atom. The number of nitrogens with zero attached hydrogens (tertiary/aromatic N) is 2. The van der Waals surface area contributed by atoms with E-state index in [1.807, 2.05) is 19.1 Å². The second-order valence-corrected chi connectivity index (χ2v) is 6.07. The third-order valence-electron chi connectivity index (χ3n) is 3.80. The molecule has 0 aliphatic rings. The first-order chi connectivity index (χ1) is 12.8. The normalized spacial score (nSPS) is 11.3. The van der Waals surface area contributed by atoms with Gasteiger partial charge < -0.3 is 10.6 Å². The first-order valence-electron chi connectivity index (χ1n) is 8.13. The number of amides is 2. The van der Waals surface area contributed by atoms with Crippen molar-refractivity contribution in [2.24, 2.45) is 0 Å². The Balaban J connectivity index is 1.61. The lowest BCUT2D eigenvalue weighted by molar-refractivity contribution is -0.137. The van der Waals surface area contributed by atoms with Gasteiger partial charge in [0.1, 0.15) is 0 Å². The van der Waals surface area contributed by atoms with E-state index < -0.39 is 17.8 Å². The number of carbonyl (C=O) groups is 1. The van der Waals surface area contributed by atoms with E-state index in [0.29, 0.717) is 16.9 Å². The van der Waals surface area contributed by atoms with Gasteiger partial charge in [-0.3, -0.25) is 4.68 Å². The predicted octanol–water partition coefficient (Wildman–Crippen LogP) is 4.90. The quantitative estimate of drug-likeness (QED) is 0.682. The molecule has 3 aromatic rings. The van der Waals surface area contributed by atoms with Gasteiger partial charge in [0.25, 0.3) is 0 Å². The van der Waals surface area contributed by atoms with Gasteiger partial charge in [-0.2, -0.15) is 18.3 Å². The van der Waals surface area contributed by atoms with Crippen molar-refractivity contribution in [1.82, 2.24) is 9.78 Å². The lowest BCUT2D eigenvalue weighted by atomic mass is 10.1. The SMILES string of the molecule is Cc1ccc(NC(=O)Nc2cnn(Cc3cccc(C(F)(F)F)c3)c2)cc1. The number of nitrogens with one attached hydrogen (secondary N) is 2. The van der Waals surface area contributed by atoms with E-state index in [9.17, 15) is 18.0 Å². The topological polar surface area (TPSA) is 59.0 Å². The minimum absolute atomic E-state index is 0.158. The zero-order valence-corrected chi connectivity index (χ0v) is 14.4. The number of hydrogen-bond donors (Lipinski definition) is 2. The number of hydrogen-bond acceptors (Lipinski definition) is 2. The van der Waals surface area contributed by atoms with Crippen molar-refractivity contribution < 1.29 is 18.0 Å². The van der Waals surface area contributed by atoms with Crippen molar-refractivity contribution in [3.8, 4) is 0 Å². The van der Waals surface area contributed by atoms with E-state index in [1.54, 1.807) is 24.4 Å². The maximum absolute atomic E-state index is 12.8. The molecular weight excluding hydrogens is 357 g/mol. The fourth-order valence-electron chi connectivity index (χ4n) is 2.48. The molecule has 0 aliphatic carbocycles. The van der Waals surface area contributed by atoms with E-state index in [4.69, 9.17) is 0 Å². The van der Waals surface area contributed by atoms with Crippen LogP contribution in [-0.4, -0.2) is 15.8 Å². The summed E-state index contributed by atoms with van der Waals surface area (Å²) in [5, 5.41) is 9.39. The number of alkyl halides is 3. The zero-order chi connectivity index (χ0) is 19.4. The molecule has 5 nitrogen and oxygen atoms in total. The Bertz CT molecular complexity index is 933. The smallest absolute Gasteiger partial charge is 0.308 e. The standard InChI is InChI=1S/C19H17F3N4O/c1-13-5-7-16(8-6-13)24-18(27)25-17-10-23-26(12-17)11-14-3-2-4-15(9-14)19(20,21)22/h2-10,12H,11H2,1H3,(H2,24,25,27). The molecule has 2 N–H and O–H groups in total. The Hall–Kier alpha value is -3.29. The minimum Gasteiger partial charge on any atom is -0.308 e. The molecule has 0 saturated heterocycles. The van der Waals surface area contributed by atoms with Crippen LogP contribution in [-0.2, 0) is 12.7 Å². The third-order valence-corrected chi connectivity index (χ3v) is 3.80. The van der Waals surface area contributed by atoms with E-state index in [-0.39, 0.29) is 6.54 Å². The summed E-state index contributed by atoms with van der Waals surface area (Å²) < 4.78 is 39.8. The highest BCUT2D eigenvalue weighted by Gasteiger charge is 2.30. The maximum atomic E-state index is 12.8. The number of aromatic nitrogens is 2. The molecular formula is C19H17F3N4O. The van der Waals surface area contributed by atoms with Crippen molar-refractivity contribution in [3.05, 3.63) is 77.6 Å². The van der Waals surface area contributed by atoms with Gasteiger partial charge in [-0.25, -0.2) is 4.79 Å². The number of rotatable bonds is 4. The molecule has 8 heteroatoms.